The molecule has 0 aromatic heterocycles. The van der Waals surface area contributed by atoms with Gasteiger partial charge in [-0.05, 0) is 24.1 Å². The Morgan fingerprint density at radius 3 is 2.67 bits per heavy atom. The summed E-state index contributed by atoms with van der Waals surface area (Å²) in [7, 11) is 0. The van der Waals surface area contributed by atoms with Crippen molar-refractivity contribution in [2.45, 2.75) is 13.5 Å². The van der Waals surface area contributed by atoms with E-state index in [1.807, 2.05) is 37.3 Å². The minimum atomic E-state index is -0.390. The first-order chi connectivity index (χ1) is 8.66. The highest BCUT2D eigenvalue weighted by Gasteiger charge is 2.05. The molecule has 0 saturated carbocycles. The van der Waals surface area contributed by atoms with E-state index in [1.165, 1.54) is 23.3 Å². The molecule has 0 unspecified atom stereocenters. The second-order valence-electron chi connectivity index (χ2n) is 4.09. The summed E-state index contributed by atoms with van der Waals surface area (Å²) in [5, 5.41) is 13.9. The maximum atomic E-state index is 10.7. The van der Waals surface area contributed by atoms with Crippen molar-refractivity contribution in [3.63, 3.8) is 0 Å². The summed E-state index contributed by atoms with van der Waals surface area (Å²) < 4.78 is 0. The quantitative estimate of drug-likeness (QED) is 0.659. The monoisotopic (exact) mass is 242 g/mol. The number of non-ortho nitro benzene ring substituents is 1. The van der Waals surface area contributed by atoms with E-state index < -0.39 is 0 Å². The normalized spacial score (nSPS) is 10.1. The lowest BCUT2D eigenvalue weighted by Crippen LogP contribution is -2.01. The third-order valence-electron chi connectivity index (χ3n) is 2.80. The summed E-state index contributed by atoms with van der Waals surface area (Å²) in [4.78, 5) is 10.3. The third-order valence-corrected chi connectivity index (χ3v) is 2.80. The summed E-state index contributed by atoms with van der Waals surface area (Å²) in [5.41, 5.74) is 3.25. The van der Waals surface area contributed by atoms with Crippen molar-refractivity contribution in [1.82, 2.24) is 0 Å². The van der Waals surface area contributed by atoms with Gasteiger partial charge in [0, 0.05) is 24.4 Å². The van der Waals surface area contributed by atoms with Crippen molar-refractivity contribution in [3.8, 4) is 0 Å². The highest BCUT2D eigenvalue weighted by molar-refractivity contribution is 5.51. The van der Waals surface area contributed by atoms with Crippen molar-refractivity contribution in [2.24, 2.45) is 0 Å². The van der Waals surface area contributed by atoms with Gasteiger partial charge in [-0.1, -0.05) is 30.3 Å². The highest BCUT2D eigenvalue weighted by Crippen LogP contribution is 2.18. The van der Waals surface area contributed by atoms with Crippen LogP contribution in [-0.4, -0.2) is 4.92 Å². The fourth-order valence-corrected chi connectivity index (χ4v) is 1.74. The van der Waals surface area contributed by atoms with E-state index in [2.05, 4.69) is 5.32 Å². The largest absolute Gasteiger partial charge is 0.381 e. The molecule has 92 valence electrons. The SMILES string of the molecule is Cc1ccccc1CNc1cccc([N+](=O)[O-])c1. The molecule has 0 radical (unpaired) electrons. The number of hydrogen-bond acceptors (Lipinski definition) is 3. The van der Waals surface area contributed by atoms with Crippen LogP contribution in [0.2, 0.25) is 0 Å². The average molecular weight is 242 g/mol. The third kappa shape index (κ3) is 2.85. The van der Waals surface area contributed by atoms with Crippen LogP contribution in [0, 0.1) is 17.0 Å². The number of nitro groups is 1. The molecule has 0 amide bonds. The smallest absolute Gasteiger partial charge is 0.271 e. The van der Waals surface area contributed by atoms with E-state index >= 15 is 0 Å². The molecule has 0 spiro atoms. The number of hydrogen-bond donors (Lipinski definition) is 1. The zero-order valence-electron chi connectivity index (χ0n) is 10.1. The van der Waals surface area contributed by atoms with Gasteiger partial charge in [-0.25, -0.2) is 0 Å². The Morgan fingerprint density at radius 1 is 1.17 bits per heavy atom. The first kappa shape index (κ1) is 12.1. The molecule has 18 heavy (non-hydrogen) atoms. The number of benzene rings is 2. The van der Waals surface area contributed by atoms with Crippen LogP contribution in [0.3, 0.4) is 0 Å². The van der Waals surface area contributed by atoms with Gasteiger partial charge in [0.15, 0.2) is 0 Å². The number of nitro benzene ring substituents is 1. The number of nitrogens with zero attached hydrogens (tertiary/aromatic N) is 1. The van der Waals surface area contributed by atoms with Gasteiger partial charge in [-0.3, -0.25) is 10.1 Å². The number of aryl methyl sites for hydroxylation is 1. The summed E-state index contributed by atoms with van der Waals surface area (Å²) >= 11 is 0. The molecular weight excluding hydrogens is 228 g/mol. The van der Waals surface area contributed by atoms with Crippen LogP contribution in [0.25, 0.3) is 0 Å². The summed E-state index contributed by atoms with van der Waals surface area (Å²) in [6.07, 6.45) is 0. The summed E-state index contributed by atoms with van der Waals surface area (Å²) in [5.74, 6) is 0. The Bertz CT molecular complexity index is 567. The molecule has 2 aromatic rings. The molecule has 0 heterocycles. The fraction of sp³-hybridized carbons (Fsp3) is 0.143. The molecular formula is C14H14N2O2. The average Bonchev–Trinajstić information content (AvgIpc) is 2.38. The van der Waals surface area contributed by atoms with Gasteiger partial charge in [-0.2, -0.15) is 0 Å². The molecule has 0 aliphatic rings. The predicted octanol–water partition coefficient (Wildman–Crippen LogP) is 3.52. The van der Waals surface area contributed by atoms with Gasteiger partial charge < -0.3 is 5.32 Å². The summed E-state index contributed by atoms with van der Waals surface area (Å²) in [6.45, 7) is 2.71. The minimum Gasteiger partial charge on any atom is -0.381 e. The van der Waals surface area contributed by atoms with Crippen LogP contribution in [-0.2, 0) is 6.54 Å². The second-order valence-corrected chi connectivity index (χ2v) is 4.09. The van der Waals surface area contributed by atoms with Crippen LogP contribution in [0.4, 0.5) is 11.4 Å². The zero-order valence-corrected chi connectivity index (χ0v) is 10.1. The maximum Gasteiger partial charge on any atom is 0.271 e. The predicted molar refractivity (Wildman–Crippen MR) is 71.6 cm³/mol. The molecule has 4 heteroatoms. The van der Waals surface area contributed by atoms with Gasteiger partial charge in [0.05, 0.1) is 4.92 Å². The number of nitrogens with one attached hydrogen (secondary N) is 1. The highest BCUT2D eigenvalue weighted by atomic mass is 16.6. The first-order valence-corrected chi connectivity index (χ1v) is 5.69. The zero-order chi connectivity index (χ0) is 13.0. The Morgan fingerprint density at radius 2 is 1.94 bits per heavy atom. The standard InChI is InChI=1S/C14H14N2O2/c1-11-5-2-3-6-12(11)10-15-13-7-4-8-14(9-13)16(17)18/h2-9,15H,10H2,1H3. The lowest BCUT2D eigenvalue weighted by atomic mass is 10.1. The molecule has 0 aliphatic heterocycles. The van der Waals surface area contributed by atoms with Crippen LogP contribution in [0.5, 0.6) is 0 Å². The van der Waals surface area contributed by atoms with Gasteiger partial charge in [0.25, 0.3) is 5.69 Å². The van der Waals surface area contributed by atoms with Gasteiger partial charge in [0.1, 0.15) is 0 Å². The van der Waals surface area contributed by atoms with E-state index in [4.69, 9.17) is 0 Å². The molecule has 0 saturated heterocycles. The van der Waals surface area contributed by atoms with E-state index in [0.717, 1.165) is 5.69 Å². The van der Waals surface area contributed by atoms with Crippen molar-refractivity contribution in [1.29, 1.82) is 0 Å². The first-order valence-electron chi connectivity index (χ1n) is 5.69. The van der Waals surface area contributed by atoms with Crippen molar-refractivity contribution >= 4 is 11.4 Å². The van der Waals surface area contributed by atoms with Gasteiger partial charge in [-0.15, -0.1) is 0 Å². The topological polar surface area (TPSA) is 55.2 Å². The van der Waals surface area contributed by atoms with Crippen molar-refractivity contribution in [2.75, 3.05) is 5.32 Å². The molecule has 2 rings (SSSR count). The van der Waals surface area contributed by atoms with Crippen LogP contribution in [0.15, 0.2) is 48.5 Å². The Labute approximate surface area is 105 Å². The number of rotatable bonds is 4. The number of anilines is 1. The van der Waals surface area contributed by atoms with E-state index in [9.17, 15) is 10.1 Å². The maximum absolute atomic E-state index is 10.7. The Kier molecular flexibility index (Phi) is 3.57. The Balaban J connectivity index is 2.09. The molecule has 4 nitrogen and oxygen atoms in total. The minimum absolute atomic E-state index is 0.102. The van der Waals surface area contributed by atoms with Crippen molar-refractivity contribution in [3.05, 3.63) is 69.8 Å². The second kappa shape index (κ2) is 5.31. The van der Waals surface area contributed by atoms with E-state index in [1.54, 1.807) is 6.07 Å². The van der Waals surface area contributed by atoms with E-state index in [-0.39, 0.29) is 10.6 Å². The molecule has 1 N–H and O–H groups in total. The lowest BCUT2D eigenvalue weighted by Gasteiger charge is -2.08. The molecule has 2 aromatic carbocycles. The van der Waals surface area contributed by atoms with E-state index in [0.29, 0.717) is 6.54 Å². The van der Waals surface area contributed by atoms with Gasteiger partial charge in [0.2, 0.25) is 0 Å². The van der Waals surface area contributed by atoms with Crippen molar-refractivity contribution < 1.29 is 4.92 Å². The molecule has 0 bridgehead atoms. The van der Waals surface area contributed by atoms with Crippen LogP contribution < -0.4 is 5.32 Å². The lowest BCUT2D eigenvalue weighted by molar-refractivity contribution is -0.384. The van der Waals surface area contributed by atoms with Gasteiger partial charge >= 0.3 is 0 Å². The molecule has 0 atom stereocenters. The Hall–Kier alpha value is -2.36. The van der Waals surface area contributed by atoms with Crippen LogP contribution in [0.1, 0.15) is 11.1 Å². The molecule has 0 fully saturated rings. The van der Waals surface area contributed by atoms with Crippen LogP contribution >= 0.6 is 0 Å². The molecule has 0 aliphatic carbocycles. The summed E-state index contributed by atoms with van der Waals surface area (Å²) in [6, 6.07) is 14.6. The fourth-order valence-electron chi connectivity index (χ4n) is 1.74.